The number of rotatable bonds is 7. The van der Waals surface area contributed by atoms with E-state index in [4.69, 9.17) is 9.47 Å². The second kappa shape index (κ2) is 10.4. The zero-order chi connectivity index (χ0) is 26.0. The van der Waals surface area contributed by atoms with Crippen molar-refractivity contribution in [3.8, 4) is 0 Å². The standard InChI is InChI=1S/C30H30F2NO4/c1-20-5-2-6-22(15-20)27(34)18-33-13-11-21(12-14-33)28(19-33)36-30(35)37-29(23-7-3-9-25(31)16-23)24-8-4-10-26(32)17-24/h2-10,15-17,21,28-29H,11-14,18-19H2,1H3/q+1/t21?,28-,33?/m0/s1. The van der Waals surface area contributed by atoms with Gasteiger partial charge in [-0.15, -0.1) is 0 Å². The molecule has 3 saturated heterocycles. The number of carbonyl (C=O) groups excluding carboxylic acids is 2. The van der Waals surface area contributed by atoms with Gasteiger partial charge in [0.25, 0.3) is 0 Å². The lowest BCUT2D eigenvalue weighted by Gasteiger charge is -2.51. The van der Waals surface area contributed by atoms with E-state index in [1.807, 2.05) is 31.2 Å². The first-order valence-electron chi connectivity index (χ1n) is 12.6. The fraction of sp³-hybridized carbons (Fsp3) is 0.333. The highest BCUT2D eigenvalue weighted by Gasteiger charge is 2.49. The van der Waals surface area contributed by atoms with Crippen molar-refractivity contribution in [2.24, 2.45) is 5.92 Å². The van der Waals surface area contributed by atoms with Crippen LogP contribution in [-0.2, 0) is 9.47 Å². The number of aryl methyl sites for hydroxylation is 1. The smallest absolute Gasteiger partial charge is 0.425 e. The number of ether oxygens (including phenoxy) is 2. The third-order valence-corrected chi connectivity index (χ3v) is 7.63. The van der Waals surface area contributed by atoms with E-state index in [2.05, 4.69) is 0 Å². The summed E-state index contributed by atoms with van der Waals surface area (Å²) in [5.41, 5.74) is 2.50. The van der Waals surface area contributed by atoms with E-state index >= 15 is 0 Å². The molecule has 2 bridgehead atoms. The van der Waals surface area contributed by atoms with Gasteiger partial charge in [0.1, 0.15) is 24.7 Å². The monoisotopic (exact) mass is 506 g/mol. The Balaban J connectivity index is 1.30. The van der Waals surface area contributed by atoms with Crippen molar-refractivity contribution in [3.05, 3.63) is 107 Å². The quantitative estimate of drug-likeness (QED) is 0.224. The van der Waals surface area contributed by atoms with Gasteiger partial charge in [-0.2, -0.15) is 0 Å². The van der Waals surface area contributed by atoms with Crippen molar-refractivity contribution in [2.45, 2.75) is 32.0 Å². The summed E-state index contributed by atoms with van der Waals surface area (Å²) >= 11 is 0. The number of benzene rings is 3. The zero-order valence-corrected chi connectivity index (χ0v) is 20.7. The molecule has 3 aliphatic rings. The largest absolute Gasteiger partial charge is 0.509 e. The minimum Gasteiger partial charge on any atom is -0.425 e. The van der Waals surface area contributed by atoms with Crippen molar-refractivity contribution in [1.29, 1.82) is 0 Å². The SMILES string of the molecule is Cc1cccc(C(=O)C[N+]23CCC(CC2)[C@@H](OC(=O)OC(c2cccc(F)c2)c2cccc(F)c2)C3)c1. The van der Waals surface area contributed by atoms with Gasteiger partial charge in [0, 0.05) is 35.4 Å². The highest BCUT2D eigenvalue weighted by molar-refractivity contribution is 5.97. The first kappa shape index (κ1) is 25.1. The van der Waals surface area contributed by atoms with Gasteiger partial charge in [0.15, 0.2) is 12.2 Å². The topological polar surface area (TPSA) is 52.6 Å². The zero-order valence-electron chi connectivity index (χ0n) is 20.7. The van der Waals surface area contributed by atoms with Crippen LogP contribution in [0.3, 0.4) is 0 Å². The molecule has 3 heterocycles. The summed E-state index contributed by atoms with van der Waals surface area (Å²) in [5, 5.41) is 0. The number of hydrogen-bond acceptors (Lipinski definition) is 4. The summed E-state index contributed by atoms with van der Waals surface area (Å²) in [7, 11) is 0. The van der Waals surface area contributed by atoms with E-state index in [0.717, 1.165) is 31.5 Å². The lowest BCUT2D eigenvalue weighted by molar-refractivity contribution is -0.938. The van der Waals surface area contributed by atoms with Crippen LogP contribution in [-0.4, -0.2) is 48.7 Å². The summed E-state index contributed by atoms with van der Waals surface area (Å²) in [6.45, 7) is 4.60. The predicted molar refractivity (Wildman–Crippen MR) is 134 cm³/mol. The Kier molecular flexibility index (Phi) is 7.07. The molecule has 0 saturated carbocycles. The number of hydrogen-bond donors (Lipinski definition) is 0. The molecule has 3 aromatic carbocycles. The third-order valence-electron chi connectivity index (χ3n) is 7.63. The van der Waals surface area contributed by atoms with Crippen LogP contribution in [0.5, 0.6) is 0 Å². The van der Waals surface area contributed by atoms with Crippen LogP contribution in [0.4, 0.5) is 13.6 Å². The van der Waals surface area contributed by atoms with Gasteiger partial charge in [0.05, 0.1) is 13.1 Å². The summed E-state index contributed by atoms with van der Waals surface area (Å²) in [6, 6.07) is 19.0. The highest BCUT2D eigenvalue weighted by atomic mass is 19.1. The van der Waals surface area contributed by atoms with Gasteiger partial charge in [-0.1, -0.05) is 48.0 Å². The molecule has 192 valence electrons. The van der Waals surface area contributed by atoms with Crippen LogP contribution in [0.2, 0.25) is 0 Å². The number of ketones is 1. The maximum Gasteiger partial charge on any atom is 0.509 e. The average molecular weight is 507 g/mol. The molecule has 3 fully saturated rings. The predicted octanol–water partition coefficient (Wildman–Crippen LogP) is 6.01. The average Bonchev–Trinajstić information content (AvgIpc) is 2.88. The molecule has 7 heteroatoms. The Morgan fingerprint density at radius 1 is 0.919 bits per heavy atom. The van der Waals surface area contributed by atoms with Crippen molar-refractivity contribution in [1.82, 2.24) is 0 Å². The second-order valence-corrected chi connectivity index (χ2v) is 10.3. The molecule has 0 amide bonds. The van der Waals surface area contributed by atoms with Gasteiger partial charge < -0.3 is 14.0 Å². The molecule has 6 rings (SSSR count). The van der Waals surface area contributed by atoms with E-state index in [1.165, 1.54) is 36.4 Å². The van der Waals surface area contributed by atoms with Crippen molar-refractivity contribution < 1.29 is 32.3 Å². The normalized spacial score (nSPS) is 22.6. The fourth-order valence-electron chi connectivity index (χ4n) is 5.71. The first-order valence-corrected chi connectivity index (χ1v) is 12.6. The Labute approximate surface area is 215 Å². The van der Waals surface area contributed by atoms with Crippen LogP contribution in [0.15, 0.2) is 72.8 Å². The second-order valence-electron chi connectivity index (χ2n) is 10.3. The van der Waals surface area contributed by atoms with Crippen LogP contribution in [0.25, 0.3) is 0 Å². The molecule has 5 nitrogen and oxygen atoms in total. The lowest BCUT2D eigenvalue weighted by Crippen LogP contribution is -2.65. The molecular weight excluding hydrogens is 476 g/mol. The van der Waals surface area contributed by atoms with Gasteiger partial charge >= 0.3 is 6.16 Å². The molecule has 0 aromatic heterocycles. The number of quaternary nitrogens is 1. The van der Waals surface area contributed by atoms with E-state index in [-0.39, 0.29) is 17.8 Å². The molecule has 0 aliphatic carbocycles. The summed E-state index contributed by atoms with van der Waals surface area (Å²) in [6.07, 6.45) is -0.584. The lowest BCUT2D eigenvalue weighted by atomic mass is 9.83. The van der Waals surface area contributed by atoms with Gasteiger partial charge in [-0.3, -0.25) is 4.79 Å². The highest BCUT2D eigenvalue weighted by Crippen LogP contribution is 2.37. The van der Waals surface area contributed by atoms with Crippen molar-refractivity contribution in [2.75, 3.05) is 26.2 Å². The number of halogens is 2. The Hall–Kier alpha value is -3.58. The minimum atomic E-state index is -1.02. The molecule has 3 aliphatic heterocycles. The van der Waals surface area contributed by atoms with Gasteiger partial charge in [-0.05, 0) is 37.3 Å². The van der Waals surface area contributed by atoms with Crippen LogP contribution in [0.1, 0.15) is 46.0 Å². The Morgan fingerprint density at radius 3 is 2.14 bits per heavy atom. The maximum atomic E-state index is 14.0. The van der Waals surface area contributed by atoms with E-state index in [9.17, 15) is 18.4 Å². The maximum absolute atomic E-state index is 14.0. The van der Waals surface area contributed by atoms with Crippen LogP contribution < -0.4 is 0 Å². The van der Waals surface area contributed by atoms with E-state index < -0.39 is 23.9 Å². The van der Waals surface area contributed by atoms with Crippen molar-refractivity contribution >= 4 is 11.9 Å². The molecule has 3 aromatic rings. The molecule has 1 atom stereocenters. The Morgan fingerprint density at radius 2 is 1.54 bits per heavy atom. The van der Waals surface area contributed by atoms with Gasteiger partial charge in [-0.25, -0.2) is 13.6 Å². The van der Waals surface area contributed by atoms with E-state index in [1.54, 1.807) is 12.1 Å². The first-order chi connectivity index (χ1) is 17.8. The minimum absolute atomic E-state index is 0.0858. The molecule has 0 unspecified atom stereocenters. The number of piperidine rings is 3. The summed E-state index contributed by atoms with van der Waals surface area (Å²) < 4.78 is 40.0. The Bertz CT molecular complexity index is 1260. The number of nitrogens with zero attached hydrogens (tertiary/aromatic N) is 1. The number of fused-ring (bicyclic) bond motifs is 3. The fourth-order valence-corrected chi connectivity index (χ4v) is 5.71. The molecule has 0 N–H and O–H groups in total. The molecule has 37 heavy (non-hydrogen) atoms. The molecule has 0 spiro atoms. The third kappa shape index (κ3) is 5.72. The summed E-state index contributed by atoms with van der Waals surface area (Å²) in [5.74, 6) is -0.693. The van der Waals surface area contributed by atoms with E-state index in [0.29, 0.717) is 34.3 Å². The molecular formula is C30H30F2NO4+. The van der Waals surface area contributed by atoms with Gasteiger partial charge in [0.2, 0.25) is 5.78 Å². The number of carbonyl (C=O) groups is 2. The summed E-state index contributed by atoms with van der Waals surface area (Å²) in [4.78, 5) is 26.1. The van der Waals surface area contributed by atoms with Crippen molar-refractivity contribution in [3.63, 3.8) is 0 Å². The van der Waals surface area contributed by atoms with Crippen LogP contribution >= 0.6 is 0 Å². The number of Topliss-reactive ketones (excluding diaryl/α,β-unsaturated/α-hetero) is 1. The molecule has 0 radical (unpaired) electrons. The van der Waals surface area contributed by atoms with Crippen LogP contribution in [0, 0.1) is 24.5 Å².